The molecule has 0 amide bonds. The predicted octanol–water partition coefficient (Wildman–Crippen LogP) is 2.01. The standard InChI is InChI=1S/C8H7ClN2/c9-8-10-11(8)6-7-4-2-1-3-5-7/h1-5H,6H2. The highest BCUT2D eigenvalue weighted by Crippen LogP contribution is 2.17. The van der Waals surface area contributed by atoms with Crippen molar-refractivity contribution in [3.63, 3.8) is 0 Å². The molecule has 0 saturated carbocycles. The molecule has 1 aliphatic heterocycles. The second kappa shape index (κ2) is 2.55. The lowest BCUT2D eigenvalue weighted by atomic mass is 10.2. The number of halogens is 1. The SMILES string of the molecule is ClC1=NN1Cc1ccccc1. The molecule has 1 aliphatic rings. The van der Waals surface area contributed by atoms with Crippen LogP contribution in [0.4, 0.5) is 0 Å². The maximum atomic E-state index is 5.58. The van der Waals surface area contributed by atoms with Gasteiger partial charge in [0, 0.05) is 0 Å². The first-order valence-electron chi connectivity index (χ1n) is 3.42. The Kier molecular flexibility index (Phi) is 1.55. The van der Waals surface area contributed by atoms with E-state index in [-0.39, 0.29) is 0 Å². The quantitative estimate of drug-likeness (QED) is 0.614. The molecule has 0 saturated heterocycles. The van der Waals surface area contributed by atoms with E-state index >= 15 is 0 Å². The van der Waals surface area contributed by atoms with Crippen molar-refractivity contribution in [3.05, 3.63) is 35.9 Å². The summed E-state index contributed by atoms with van der Waals surface area (Å²) in [5.41, 5.74) is 1.23. The highest BCUT2D eigenvalue weighted by atomic mass is 35.5. The van der Waals surface area contributed by atoms with Crippen LogP contribution in [0.25, 0.3) is 0 Å². The average molecular weight is 167 g/mol. The molecule has 0 radical (unpaired) electrons. The summed E-state index contributed by atoms with van der Waals surface area (Å²) in [4.78, 5) is 0. The summed E-state index contributed by atoms with van der Waals surface area (Å²) >= 11 is 5.58. The van der Waals surface area contributed by atoms with Crippen molar-refractivity contribution in [2.24, 2.45) is 5.10 Å². The molecule has 0 bridgehead atoms. The van der Waals surface area contributed by atoms with Gasteiger partial charge in [0.1, 0.15) is 0 Å². The van der Waals surface area contributed by atoms with Crippen molar-refractivity contribution >= 4 is 16.9 Å². The molecular weight excluding hydrogens is 160 g/mol. The molecule has 0 spiro atoms. The van der Waals surface area contributed by atoms with E-state index in [0.29, 0.717) is 5.29 Å². The third-order valence-corrected chi connectivity index (χ3v) is 1.82. The van der Waals surface area contributed by atoms with E-state index in [1.165, 1.54) is 5.56 Å². The van der Waals surface area contributed by atoms with Crippen LogP contribution in [-0.4, -0.2) is 10.3 Å². The Bertz CT molecular complexity index is 281. The summed E-state index contributed by atoms with van der Waals surface area (Å²) in [6, 6.07) is 10.1. The summed E-state index contributed by atoms with van der Waals surface area (Å²) < 4.78 is 0. The van der Waals surface area contributed by atoms with Gasteiger partial charge in [-0.05, 0) is 17.2 Å². The summed E-state index contributed by atoms with van der Waals surface area (Å²) in [6.07, 6.45) is 0. The molecule has 0 aliphatic carbocycles. The van der Waals surface area contributed by atoms with Crippen molar-refractivity contribution in [3.8, 4) is 0 Å². The molecule has 2 nitrogen and oxygen atoms in total. The van der Waals surface area contributed by atoms with Gasteiger partial charge >= 0.3 is 0 Å². The minimum absolute atomic E-state index is 0.605. The number of benzene rings is 1. The average Bonchev–Trinajstić information content (AvgIpc) is 2.69. The Hall–Kier alpha value is -1.02. The molecule has 0 atom stereocenters. The molecule has 1 aromatic rings. The van der Waals surface area contributed by atoms with Gasteiger partial charge in [-0.2, -0.15) is 0 Å². The highest BCUT2D eigenvalue weighted by Gasteiger charge is 2.20. The maximum Gasteiger partial charge on any atom is 0.238 e. The molecule has 3 heteroatoms. The van der Waals surface area contributed by atoms with E-state index in [1.54, 1.807) is 5.01 Å². The molecule has 0 fully saturated rings. The number of hydrogen-bond acceptors (Lipinski definition) is 2. The summed E-state index contributed by atoms with van der Waals surface area (Å²) in [7, 11) is 0. The molecule has 56 valence electrons. The van der Waals surface area contributed by atoms with Crippen LogP contribution in [-0.2, 0) is 6.54 Å². The molecular formula is C8H7ClN2. The third-order valence-electron chi connectivity index (χ3n) is 1.55. The first kappa shape index (κ1) is 6.68. The second-order valence-corrected chi connectivity index (χ2v) is 2.75. The smallest absolute Gasteiger partial charge is 0.229 e. The predicted molar refractivity (Wildman–Crippen MR) is 45.3 cm³/mol. The summed E-state index contributed by atoms with van der Waals surface area (Å²) in [5, 5.41) is 6.23. The van der Waals surface area contributed by atoms with E-state index in [0.717, 1.165) is 6.54 Å². The summed E-state index contributed by atoms with van der Waals surface area (Å²) in [6.45, 7) is 0.791. The fourth-order valence-corrected chi connectivity index (χ4v) is 1.09. The lowest BCUT2D eigenvalue weighted by Crippen LogP contribution is -2.00. The number of rotatable bonds is 2. The van der Waals surface area contributed by atoms with E-state index in [1.807, 2.05) is 18.2 Å². The van der Waals surface area contributed by atoms with Gasteiger partial charge in [-0.3, -0.25) is 0 Å². The topological polar surface area (TPSA) is 15.4 Å². The van der Waals surface area contributed by atoms with Crippen molar-refractivity contribution in [2.75, 3.05) is 0 Å². The molecule has 1 heterocycles. The van der Waals surface area contributed by atoms with E-state index in [4.69, 9.17) is 11.6 Å². The first-order valence-corrected chi connectivity index (χ1v) is 3.79. The number of amidine groups is 1. The Morgan fingerprint density at radius 2 is 1.91 bits per heavy atom. The van der Waals surface area contributed by atoms with E-state index < -0.39 is 0 Å². The lowest BCUT2D eigenvalue weighted by Gasteiger charge is -1.98. The maximum absolute atomic E-state index is 5.58. The molecule has 11 heavy (non-hydrogen) atoms. The van der Waals surface area contributed by atoms with Gasteiger partial charge in [0.05, 0.1) is 6.54 Å². The summed E-state index contributed by atoms with van der Waals surface area (Å²) in [5.74, 6) is 0. The van der Waals surface area contributed by atoms with Gasteiger partial charge in [-0.15, -0.1) is 5.10 Å². The molecule has 0 aromatic heterocycles. The van der Waals surface area contributed by atoms with Gasteiger partial charge in [-0.25, -0.2) is 5.01 Å². The Morgan fingerprint density at radius 1 is 1.27 bits per heavy atom. The minimum atomic E-state index is 0.605. The van der Waals surface area contributed by atoms with Crippen molar-refractivity contribution in [1.82, 2.24) is 5.01 Å². The zero-order valence-electron chi connectivity index (χ0n) is 5.87. The molecule has 2 rings (SSSR count). The monoisotopic (exact) mass is 166 g/mol. The van der Waals surface area contributed by atoms with Crippen molar-refractivity contribution in [1.29, 1.82) is 0 Å². The van der Waals surface area contributed by atoms with Gasteiger partial charge < -0.3 is 0 Å². The second-order valence-electron chi connectivity index (χ2n) is 2.41. The first-order chi connectivity index (χ1) is 5.36. The zero-order valence-corrected chi connectivity index (χ0v) is 6.62. The minimum Gasteiger partial charge on any atom is -0.229 e. The highest BCUT2D eigenvalue weighted by molar-refractivity contribution is 6.67. The van der Waals surface area contributed by atoms with E-state index in [2.05, 4.69) is 17.2 Å². The van der Waals surface area contributed by atoms with Gasteiger partial charge in [-0.1, -0.05) is 30.3 Å². The van der Waals surface area contributed by atoms with Crippen LogP contribution in [0.3, 0.4) is 0 Å². The van der Waals surface area contributed by atoms with Crippen LogP contribution in [0.5, 0.6) is 0 Å². The van der Waals surface area contributed by atoms with Crippen molar-refractivity contribution in [2.45, 2.75) is 6.54 Å². The van der Waals surface area contributed by atoms with E-state index in [9.17, 15) is 0 Å². The Labute approximate surface area is 70.1 Å². The molecule has 0 unspecified atom stereocenters. The van der Waals surface area contributed by atoms with Crippen LogP contribution >= 0.6 is 11.6 Å². The number of hydrogen-bond donors (Lipinski definition) is 0. The van der Waals surface area contributed by atoms with Gasteiger partial charge in [0.25, 0.3) is 0 Å². The largest absolute Gasteiger partial charge is 0.238 e. The van der Waals surface area contributed by atoms with Crippen LogP contribution in [0, 0.1) is 0 Å². The Morgan fingerprint density at radius 3 is 2.45 bits per heavy atom. The fraction of sp³-hybridized carbons (Fsp3) is 0.125. The van der Waals surface area contributed by atoms with Crippen LogP contribution in [0.15, 0.2) is 35.4 Å². The third kappa shape index (κ3) is 1.52. The Balaban J connectivity index is 1.98. The lowest BCUT2D eigenvalue weighted by molar-refractivity contribution is 0.553. The van der Waals surface area contributed by atoms with Crippen LogP contribution < -0.4 is 0 Å². The number of nitrogens with zero attached hydrogens (tertiary/aromatic N) is 2. The normalized spacial score (nSPS) is 14.6. The number of hydrazone groups is 1. The van der Waals surface area contributed by atoms with Gasteiger partial charge in [0.15, 0.2) is 0 Å². The zero-order chi connectivity index (χ0) is 7.68. The molecule has 1 aromatic carbocycles. The molecule has 0 N–H and O–H groups in total. The van der Waals surface area contributed by atoms with Crippen LogP contribution in [0.1, 0.15) is 5.56 Å². The van der Waals surface area contributed by atoms with Gasteiger partial charge in [0.2, 0.25) is 5.29 Å². The van der Waals surface area contributed by atoms with Crippen LogP contribution in [0.2, 0.25) is 0 Å². The van der Waals surface area contributed by atoms with Crippen molar-refractivity contribution < 1.29 is 0 Å². The fourth-order valence-electron chi connectivity index (χ4n) is 0.934.